The first-order valence-corrected chi connectivity index (χ1v) is 9.96. The van der Waals surface area contributed by atoms with Gasteiger partial charge in [-0.3, -0.25) is 0 Å². The highest BCUT2D eigenvalue weighted by molar-refractivity contribution is 7.88. The maximum atomic E-state index is 11.6. The summed E-state index contributed by atoms with van der Waals surface area (Å²) >= 11 is 0. The standard InChI is InChI=1S/C17H28N2O2S/c1-14-13-19(22(3,20)21)12-11-17(14)18-15(2)9-10-16-7-5-4-6-8-16/h4-8,14-15,17-18H,9-13H2,1-3H3/t14-,15+,17+/m0/s1. The van der Waals surface area contributed by atoms with Crippen LogP contribution in [0, 0.1) is 5.92 Å². The van der Waals surface area contributed by atoms with Crippen molar-refractivity contribution in [3.05, 3.63) is 35.9 Å². The second kappa shape index (κ2) is 7.57. The molecule has 1 fully saturated rings. The molecule has 0 saturated carbocycles. The Kier molecular flexibility index (Phi) is 6.01. The van der Waals surface area contributed by atoms with E-state index in [9.17, 15) is 8.42 Å². The number of sulfonamides is 1. The molecular formula is C17H28N2O2S. The number of hydrogen-bond acceptors (Lipinski definition) is 3. The van der Waals surface area contributed by atoms with E-state index in [2.05, 4.69) is 43.4 Å². The number of aryl methyl sites for hydroxylation is 1. The minimum absolute atomic E-state index is 0.350. The molecule has 0 radical (unpaired) electrons. The summed E-state index contributed by atoms with van der Waals surface area (Å²) in [7, 11) is -3.05. The lowest BCUT2D eigenvalue weighted by Gasteiger charge is -2.37. The van der Waals surface area contributed by atoms with Gasteiger partial charge in [0.1, 0.15) is 0 Å². The quantitative estimate of drug-likeness (QED) is 0.873. The average molecular weight is 324 g/mol. The number of nitrogens with one attached hydrogen (secondary N) is 1. The first kappa shape index (κ1) is 17.4. The monoisotopic (exact) mass is 324 g/mol. The largest absolute Gasteiger partial charge is 0.311 e. The minimum Gasteiger partial charge on any atom is -0.311 e. The van der Waals surface area contributed by atoms with Crippen LogP contribution in [0.5, 0.6) is 0 Å². The Labute approximate surface area is 135 Å². The molecule has 3 atom stereocenters. The van der Waals surface area contributed by atoms with Crippen molar-refractivity contribution in [1.29, 1.82) is 0 Å². The first-order valence-electron chi connectivity index (χ1n) is 8.11. The summed E-state index contributed by atoms with van der Waals surface area (Å²) in [6.45, 7) is 5.62. The topological polar surface area (TPSA) is 49.4 Å². The van der Waals surface area contributed by atoms with Crippen LogP contribution < -0.4 is 5.32 Å². The summed E-state index contributed by atoms with van der Waals surface area (Å²) in [5.41, 5.74) is 1.37. The Balaban J connectivity index is 1.79. The summed E-state index contributed by atoms with van der Waals surface area (Å²) in [6.07, 6.45) is 4.37. The van der Waals surface area contributed by atoms with Crippen LogP contribution >= 0.6 is 0 Å². The summed E-state index contributed by atoms with van der Waals surface area (Å²) in [6, 6.07) is 11.4. The molecule has 1 saturated heterocycles. The van der Waals surface area contributed by atoms with Gasteiger partial charge in [0.2, 0.25) is 10.0 Å². The van der Waals surface area contributed by atoms with Crippen LogP contribution in [0.2, 0.25) is 0 Å². The molecule has 1 aromatic carbocycles. The molecule has 1 aliphatic rings. The first-order chi connectivity index (χ1) is 10.4. The summed E-state index contributed by atoms with van der Waals surface area (Å²) in [5, 5.41) is 3.69. The van der Waals surface area contributed by atoms with Gasteiger partial charge < -0.3 is 5.32 Å². The van der Waals surface area contributed by atoms with Gasteiger partial charge in [-0.1, -0.05) is 37.3 Å². The van der Waals surface area contributed by atoms with E-state index in [0.29, 0.717) is 31.1 Å². The average Bonchev–Trinajstić information content (AvgIpc) is 2.47. The van der Waals surface area contributed by atoms with E-state index >= 15 is 0 Å². The SMILES string of the molecule is C[C@H](CCc1ccccc1)N[C@@H]1CCN(S(C)(=O)=O)C[C@@H]1C. The molecule has 0 aromatic heterocycles. The number of nitrogens with zero attached hydrogens (tertiary/aromatic N) is 1. The third kappa shape index (κ3) is 5.07. The lowest BCUT2D eigenvalue weighted by atomic mass is 9.94. The van der Waals surface area contributed by atoms with E-state index in [1.54, 1.807) is 4.31 Å². The third-order valence-corrected chi connectivity index (χ3v) is 5.81. The van der Waals surface area contributed by atoms with Crippen molar-refractivity contribution in [1.82, 2.24) is 9.62 Å². The van der Waals surface area contributed by atoms with Crippen LogP contribution in [0.25, 0.3) is 0 Å². The van der Waals surface area contributed by atoms with Crippen molar-refractivity contribution in [2.45, 2.75) is 45.2 Å². The van der Waals surface area contributed by atoms with Crippen LogP contribution in [0.4, 0.5) is 0 Å². The molecule has 5 heteroatoms. The number of rotatable bonds is 6. The zero-order valence-electron chi connectivity index (χ0n) is 13.8. The van der Waals surface area contributed by atoms with E-state index in [1.165, 1.54) is 11.8 Å². The Hall–Kier alpha value is -0.910. The lowest BCUT2D eigenvalue weighted by molar-refractivity contribution is 0.208. The van der Waals surface area contributed by atoms with Gasteiger partial charge in [0.15, 0.2) is 0 Å². The predicted octanol–water partition coefficient (Wildman–Crippen LogP) is 2.27. The smallest absolute Gasteiger partial charge is 0.211 e. The van der Waals surface area contributed by atoms with Crippen molar-refractivity contribution in [2.24, 2.45) is 5.92 Å². The highest BCUT2D eigenvalue weighted by atomic mass is 32.2. The fraction of sp³-hybridized carbons (Fsp3) is 0.647. The summed E-state index contributed by atoms with van der Waals surface area (Å²) in [5.74, 6) is 0.350. The summed E-state index contributed by atoms with van der Waals surface area (Å²) < 4.78 is 24.9. The lowest BCUT2D eigenvalue weighted by Crippen LogP contribution is -2.51. The van der Waals surface area contributed by atoms with Gasteiger partial charge in [0, 0.05) is 25.2 Å². The highest BCUT2D eigenvalue weighted by Gasteiger charge is 2.30. The van der Waals surface area contributed by atoms with Gasteiger partial charge in [-0.05, 0) is 37.7 Å². The van der Waals surface area contributed by atoms with Crippen LogP contribution in [0.3, 0.4) is 0 Å². The maximum absolute atomic E-state index is 11.6. The van der Waals surface area contributed by atoms with Crippen molar-refractivity contribution in [3.8, 4) is 0 Å². The van der Waals surface area contributed by atoms with Crippen molar-refractivity contribution >= 4 is 10.0 Å². The Bertz CT molecular complexity index is 559. The Morgan fingerprint density at radius 1 is 1.32 bits per heavy atom. The normalized spacial score (nSPS) is 25.0. The molecule has 0 amide bonds. The molecule has 4 nitrogen and oxygen atoms in total. The fourth-order valence-corrected chi connectivity index (χ4v) is 4.08. The Morgan fingerprint density at radius 3 is 2.59 bits per heavy atom. The molecule has 0 unspecified atom stereocenters. The van der Waals surface area contributed by atoms with Crippen LogP contribution in [0.15, 0.2) is 30.3 Å². The van der Waals surface area contributed by atoms with E-state index in [1.807, 2.05) is 6.07 Å². The van der Waals surface area contributed by atoms with Gasteiger partial charge in [-0.15, -0.1) is 0 Å². The van der Waals surface area contributed by atoms with Crippen molar-refractivity contribution in [3.63, 3.8) is 0 Å². The van der Waals surface area contributed by atoms with Gasteiger partial charge in [0.25, 0.3) is 0 Å². The Morgan fingerprint density at radius 2 is 2.00 bits per heavy atom. The molecule has 124 valence electrons. The van der Waals surface area contributed by atoms with Gasteiger partial charge >= 0.3 is 0 Å². The number of benzene rings is 1. The fourth-order valence-electron chi connectivity index (χ4n) is 3.13. The van der Waals surface area contributed by atoms with Gasteiger partial charge in [0.05, 0.1) is 6.26 Å². The van der Waals surface area contributed by atoms with E-state index < -0.39 is 10.0 Å². The van der Waals surface area contributed by atoms with Crippen molar-refractivity contribution in [2.75, 3.05) is 19.3 Å². The molecular weight excluding hydrogens is 296 g/mol. The van der Waals surface area contributed by atoms with Crippen molar-refractivity contribution < 1.29 is 8.42 Å². The molecule has 0 spiro atoms. The molecule has 0 aliphatic carbocycles. The molecule has 22 heavy (non-hydrogen) atoms. The predicted molar refractivity (Wildman–Crippen MR) is 91.3 cm³/mol. The number of piperidine rings is 1. The molecule has 1 aliphatic heterocycles. The molecule has 0 bridgehead atoms. The number of hydrogen-bond donors (Lipinski definition) is 1. The maximum Gasteiger partial charge on any atom is 0.211 e. The van der Waals surface area contributed by atoms with E-state index in [0.717, 1.165) is 19.3 Å². The van der Waals surface area contributed by atoms with E-state index in [-0.39, 0.29) is 0 Å². The summed E-state index contributed by atoms with van der Waals surface area (Å²) in [4.78, 5) is 0. The molecule has 1 heterocycles. The molecule has 1 aromatic rings. The molecule has 2 rings (SSSR count). The van der Waals surface area contributed by atoms with Gasteiger partial charge in [-0.2, -0.15) is 0 Å². The van der Waals surface area contributed by atoms with Crippen LogP contribution in [-0.2, 0) is 16.4 Å². The zero-order chi connectivity index (χ0) is 16.2. The van der Waals surface area contributed by atoms with Gasteiger partial charge in [-0.25, -0.2) is 12.7 Å². The van der Waals surface area contributed by atoms with Crippen LogP contribution in [-0.4, -0.2) is 44.2 Å². The second-order valence-electron chi connectivity index (χ2n) is 6.59. The minimum atomic E-state index is -3.05. The zero-order valence-corrected chi connectivity index (χ0v) is 14.6. The molecule has 1 N–H and O–H groups in total. The van der Waals surface area contributed by atoms with E-state index in [4.69, 9.17) is 0 Å². The highest BCUT2D eigenvalue weighted by Crippen LogP contribution is 2.20. The van der Waals surface area contributed by atoms with Crippen LogP contribution in [0.1, 0.15) is 32.3 Å². The third-order valence-electron chi connectivity index (χ3n) is 4.54. The second-order valence-corrected chi connectivity index (χ2v) is 8.57.